The molecule has 2 rings (SSSR count). The third-order valence-corrected chi connectivity index (χ3v) is 2.61. The van der Waals surface area contributed by atoms with Gasteiger partial charge < -0.3 is 10.1 Å². The molecule has 0 aliphatic heterocycles. The van der Waals surface area contributed by atoms with E-state index in [1.54, 1.807) is 30.5 Å². The number of aromatic nitrogens is 1. The van der Waals surface area contributed by atoms with Crippen LogP contribution >= 0.6 is 0 Å². The summed E-state index contributed by atoms with van der Waals surface area (Å²) < 4.78 is 5.13. The molecule has 19 heavy (non-hydrogen) atoms. The number of anilines is 1. The second kappa shape index (κ2) is 5.81. The van der Waals surface area contributed by atoms with Crippen LogP contribution in [0, 0.1) is 10.1 Å². The van der Waals surface area contributed by atoms with Crippen LogP contribution in [0.2, 0.25) is 0 Å². The minimum absolute atomic E-state index is 0.0466. The number of rotatable bonds is 5. The molecular formula is C13H13N3O3. The molecule has 0 unspecified atom stereocenters. The normalized spacial score (nSPS) is 9.95. The lowest BCUT2D eigenvalue weighted by atomic mass is 10.2. The molecule has 0 aliphatic carbocycles. The number of hydrogen-bond donors (Lipinski definition) is 1. The summed E-state index contributed by atoms with van der Waals surface area (Å²) >= 11 is 0. The maximum absolute atomic E-state index is 10.9. The number of nitro benzene ring substituents is 1. The number of pyridine rings is 1. The van der Waals surface area contributed by atoms with Gasteiger partial charge in [-0.1, -0.05) is 18.2 Å². The molecule has 0 spiro atoms. The minimum Gasteiger partial charge on any atom is -0.481 e. The van der Waals surface area contributed by atoms with Gasteiger partial charge in [0.05, 0.1) is 12.0 Å². The summed E-state index contributed by atoms with van der Waals surface area (Å²) in [5.74, 6) is 0.508. The molecule has 1 aromatic heterocycles. The molecular weight excluding hydrogens is 246 g/mol. The van der Waals surface area contributed by atoms with Gasteiger partial charge in [0.25, 0.3) is 5.69 Å². The molecule has 0 saturated carbocycles. The standard InChI is InChI=1S/C13H13N3O3/c1-19-13-10(5-4-8-14-13)9-15-11-6-2-3-7-12(11)16(17)18/h2-8,15H,9H2,1H3. The molecule has 1 aromatic carbocycles. The van der Waals surface area contributed by atoms with Crippen molar-refractivity contribution < 1.29 is 9.66 Å². The van der Waals surface area contributed by atoms with E-state index in [0.717, 1.165) is 5.56 Å². The van der Waals surface area contributed by atoms with Crippen molar-refractivity contribution in [1.29, 1.82) is 0 Å². The zero-order valence-corrected chi connectivity index (χ0v) is 10.4. The summed E-state index contributed by atoms with van der Waals surface area (Å²) in [4.78, 5) is 14.5. The first-order valence-corrected chi connectivity index (χ1v) is 5.67. The molecule has 0 fully saturated rings. The van der Waals surface area contributed by atoms with E-state index in [2.05, 4.69) is 10.3 Å². The average molecular weight is 259 g/mol. The predicted molar refractivity (Wildman–Crippen MR) is 71.2 cm³/mol. The third-order valence-electron chi connectivity index (χ3n) is 2.61. The number of nitrogens with zero attached hydrogens (tertiary/aromatic N) is 2. The fourth-order valence-corrected chi connectivity index (χ4v) is 1.72. The van der Waals surface area contributed by atoms with Gasteiger partial charge >= 0.3 is 0 Å². The highest BCUT2D eigenvalue weighted by Crippen LogP contribution is 2.24. The number of methoxy groups -OCH3 is 1. The van der Waals surface area contributed by atoms with Crippen LogP contribution in [-0.4, -0.2) is 17.0 Å². The zero-order valence-electron chi connectivity index (χ0n) is 10.4. The molecule has 0 aliphatic rings. The lowest BCUT2D eigenvalue weighted by molar-refractivity contribution is -0.384. The van der Waals surface area contributed by atoms with Crippen LogP contribution in [0.3, 0.4) is 0 Å². The van der Waals surface area contributed by atoms with Gasteiger partial charge in [-0.25, -0.2) is 4.98 Å². The second-order valence-corrected chi connectivity index (χ2v) is 3.80. The summed E-state index contributed by atoms with van der Waals surface area (Å²) in [6.45, 7) is 0.405. The maximum Gasteiger partial charge on any atom is 0.292 e. The summed E-state index contributed by atoms with van der Waals surface area (Å²) in [6.07, 6.45) is 1.63. The molecule has 1 N–H and O–H groups in total. The smallest absolute Gasteiger partial charge is 0.292 e. The van der Waals surface area contributed by atoms with Crippen LogP contribution in [0.5, 0.6) is 5.88 Å². The van der Waals surface area contributed by atoms with Crippen LogP contribution in [0.15, 0.2) is 42.6 Å². The Hall–Kier alpha value is -2.63. The van der Waals surface area contributed by atoms with Crippen molar-refractivity contribution >= 4 is 11.4 Å². The number of hydrogen-bond acceptors (Lipinski definition) is 5. The molecule has 0 bridgehead atoms. The molecule has 0 saturated heterocycles. The van der Waals surface area contributed by atoms with Gasteiger partial charge in [-0.2, -0.15) is 0 Å². The average Bonchev–Trinajstić information content (AvgIpc) is 2.45. The Kier molecular flexibility index (Phi) is 3.92. The molecule has 0 atom stereocenters. The molecule has 6 nitrogen and oxygen atoms in total. The Balaban J connectivity index is 2.17. The summed E-state index contributed by atoms with van der Waals surface area (Å²) in [5, 5.41) is 13.9. The topological polar surface area (TPSA) is 77.3 Å². The van der Waals surface area contributed by atoms with Crippen molar-refractivity contribution in [2.75, 3.05) is 12.4 Å². The van der Waals surface area contributed by atoms with Crippen molar-refractivity contribution in [2.45, 2.75) is 6.54 Å². The van der Waals surface area contributed by atoms with Crippen LogP contribution in [0.25, 0.3) is 0 Å². The monoisotopic (exact) mass is 259 g/mol. The Morgan fingerprint density at radius 1 is 1.32 bits per heavy atom. The van der Waals surface area contributed by atoms with Crippen molar-refractivity contribution in [3.8, 4) is 5.88 Å². The summed E-state index contributed by atoms with van der Waals surface area (Å²) in [6, 6.07) is 10.2. The van der Waals surface area contributed by atoms with E-state index in [4.69, 9.17) is 4.74 Å². The van der Waals surface area contributed by atoms with Crippen molar-refractivity contribution in [3.05, 3.63) is 58.3 Å². The van der Waals surface area contributed by atoms with Gasteiger partial charge in [0.1, 0.15) is 5.69 Å². The van der Waals surface area contributed by atoms with E-state index < -0.39 is 4.92 Å². The van der Waals surface area contributed by atoms with E-state index in [9.17, 15) is 10.1 Å². The van der Waals surface area contributed by atoms with Crippen LogP contribution in [0.1, 0.15) is 5.56 Å². The molecule has 6 heteroatoms. The van der Waals surface area contributed by atoms with E-state index in [0.29, 0.717) is 18.1 Å². The van der Waals surface area contributed by atoms with E-state index in [1.807, 2.05) is 6.07 Å². The largest absolute Gasteiger partial charge is 0.481 e. The van der Waals surface area contributed by atoms with E-state index in [1.165, 1.54) is 13.2 Å². The van der Waals surface area contributed by atoms with Crippen LogP contribution < -0.4 is 10.1 Å². The van der Waals surface area contributed by atoms with Gasteiger partial charge in [0.15, 0.2) is 0 Å². The number of benzene rings is 1. The Labute approximate surface area is 110 Å². The van der Waals surface area contributed by atoms with Gasteiger partial charge in [-0.3, -0.25) is 10.1 Å². The van der Waals surface area contributed by atoms with Gasteiger partial charge in [0.2, 0.25) is 5.88 Å². The van der Waals surface area contributed by atoms with E-state index >= 15 is 0 Å². The van der Waals surface area contributed by atoms with Gasteiger partial charge in [-0.15, -0.1) is 0 Å². The first-order chi connectivity index (χ1) is 9.22. The lowest BCUT2D eigenvalue weighted by Gasteiger charge is -2.09. The maximum atomic E-state index is 10.9. The Bertz CT molecular complexity index is 587. The van der Waals surface area contributed by atoms with Crippen LogP contribution in [-0.2, 0) is 6.54 Å². The number of para-hydroxylation sites is 2. The fourth-order valence-electron chi connectivity index (χ4n) is 1.72. The minimum atomic E-state index is -0.414. The highest BCUT2D eigenvalue weighted by atomic mass is 16.6. The highest BCUT2D eigenvalue weighted by molar-refractivity contribution is 5.61. The number of nitrogens with one attached hydrogen (secondary N) is 1. The molecule has 0 amide bonds. The SMILES string of the molecule is COc1ncccc1CNc1ccccc1[N+](=O)[O-]. The van der Waals surface area contributed by atoms with Crippen LogP contribution in [0.4, 0.5) is 11.4 Å². The van der Waals surface area contributed by atoms with Gasteiger partial charge in [-0.05, 0) is 12.1 Å². The second-order valence-electron chi connectivity index (χ2n) is 3.80. The summed E-state index contributed by atoms with van der Waals surface area (Å²) in [7, 11) is 1.54. The van der Waals surface area contributed by atoms with Gasteiger partial charge in [0, 0.05) is 24.4 Å². The quantitative estimate of drug-likeness (QED) is 0.659. The lowest BCUT2D eigenvalue weighted by Crippen LogP contribution is -2.04. The zero-order chi connectivity index (χ0) is 13.7. The third kappa shape index (κ3) is 2.98. The predicted octanol–water partition coefficient (Wildman–Crippen LogP) is 2.61. The number of nitro groups is 1. The molecule has 1 heterocycles. The Morgan fingerprint density at radius 2 is 2.11 bits per heavy atom. The molecule has 2 aromatic rings. The van der Waals surface area contributed by atoms with Crippen molar-refractivity contribution in [1.82, 2.24) is 4.98 Å². The van der Waals surface area contributed by atoms with E-state index in [-0.39, 0.29) is 5.69 Å². The Morgan fingerprint density at radius 3 is 2.84 bits per heavy atom. The fraction of sp³-hybridized carbons (Fsp3) is 0.154. The number of ether oxygens (including phenoxy) is 1. The first-order valence-electron chi connectivity index (χ1n) is 5.67. The first kappa shape index (κ1) is 12.8. The van der Waals surface area contributed by atoms with Crippen molar-refractivity contribution in [3.63, 3.8) is 0 Å². The molecule has 98 valence electrons. The van der Waals surface area contributed by atoms with Crippen molar-refractivity contribution in [2.24, 2.45) is 0 Å². The highest BCUT2D eigenvalue weighted by Gasteiger charge is 2.12. The molecule has 0 radical (unpaired) electrons. The summed E-state index contributed by atoms with van der Waals surface area (Å²) in [5.41, 5.74) is 1.35.